The van der Waals surface area contributed by atoms with Crippen molar-refractivity contribution < 1.29 is 4.79 Å². The van der Waals surface area contributed by atoms with Gasteiger partial charge in [0.25, 0.3) is 5.91 Å². The van der Waals surface area contributed by atoms with E-state index < -0.39 is 0 Å². The molecule has 0 aliphatic heterocycles. The fourth-order valence-electron chi connectivity index (χ4n) is 2.40. The van der Waals surface area contributed by atoms with Crippen LogP contribution in [0.5, 0.6) is 0 Å². The minimum absolute atomic E-state index is 0.0246. The fourth-order valence-corrected chi connectivity index (χ4v) is 3.45. The van der Waals surface area contributed by atoms with Crippen LogP contribution in [0.1, 0.15) is 30.2 Å². The van der Waals surface area contributed by atoms with Crippen LogP contribution in [-0.2, 0) is 0 Å². The first-order valence-corrected chi connectivity index (χ1v) is 7.89. The third-order valence-electron chi connectivity index (χ3n) is 3.42. The molecule has 0 aliphatic carbocycles. The number of rotatable bonds is 3. The molecular formula is C17H16N2O2S. The number of aromatic nitrogens is 1. The molecule has 5 heteroatoms. The lowest BCUT2D eigenvalue weighted by atomic mass is 10.2. The Labute approximate surface area is 132 Å². The zero-order chi connectivity index (χ0) is 15.7. The molecule has 0 atom stereocenters. The average molecular weight is 312 g/mol. The van der Waals surface area contributed by atoms with Gasteiger partial charge in [0.05, 0.1) is 10.2 Å². The molecule has 1 heterocycles. The number of amides is 1. The van der Waals surface area contributed by atoms with Crippen molar-refractivity contribution in [2.24, 2.45) is 0 Å². The lowest BCUT2D eigenvalue weighted by Crippen LogP contribution is -2.14. The summed E-state index contributed by atoms with van der Waals surface area (Å²) in [4.78, 5) is 24.2. The summed E-state index contributed by atoms with van der Waals surface area (Å²) in [5, 5.41) is 2.86. The van der Waals surface area contributed by atoms with Crippen LogP contribution in [0.25, 0.3) is 10.2 Å². The Kier molecular flexibility index (Phi) is 3.81. The monoisotopic (exact) mass is 312 g/mol. The zero-order valence-electron chi connectivity index (χ0n) is 12.4. The highest BCUT2D eigenvalue weighted by molar-refractivity contribution is 7.16. The van der Waals surface area contributed by atoms with E-state index >= 15 is 0 Å². The number of carbonyl (C=O) groups excluding carboxylic acids is 1. The second-order valence-corrected chi connectivity index (χ2v) is 6.33. The summed E-state index contributed by atoms with van der Waals surface area (Å²) in [6.07, 6.45) is 0. The number of thiazole rings is 1. The molecule has 1 amide bonds. The van der Waals surface area contributed by atoms with Gasteiger partial charge in [-0.25, -0.2) is 0 Å². The normalized spacial score (nSPS) is 11.0. The molecule has 0 spiro atoms. The molecule has 0 aliphatic rings. The molecule has 0 saturated carbocycles. The summed E-state index contributed by atoms with van der Waals surface area (Å²) in [7, 11) is 0. The van der Waals surface area contributed by atoms with E-state index in [0.29, 0.717) is 11.3 Å². The van der Waals surface area contributed by atoms with Crippen LogP contribution < -0.4 is 10.2 Å². The van der Waals surface area contributed by atoms with Crippen molar-refractivity contribution in [3.63, 3.8) is 0 Å². The van der Waals surface area contributed by atoms with E-state index in [0.717, 1.165) is 10.2 Å². The SMILES string of the molecule is CC(C)n1c(=O)sc2cc(NC(=O)c3ccccc3)ccc21. The lowest BCUT2D eigenvalue weighted by Gasteiger charge is -2.08. The third-order valence-corrected chi connectivity index (χ3v) is 4.34. The Morgan fingerprint density at radius 2 is 1.86 bits per heavy atom. The van der Waals surface area contributed by atoms with E-state index in [1.165, 1.54) is 11.3 Å². The van der Waals surface area contributed by atoms with Gasteiger partial charge in [0.2, 0.25) is 0 Å². The highest BCUT2D eigenvalue weighted by Gasteiger charge is 2.12. The third kappa shape index (κ3) is 2.67. The van der Waals surface area contributed by atoms with Gasteiger partial charge in [-0.1, -0.05) is 29.5 Å². The smallest absolute Gasteiger partial charge is 0.308 e. The predicted octanol–water partition coefficient (Wildman–Crippen LogP) is 3.90. The Morgan fingerprint density at radius 1 is 1.14 bits per heavy atom. The van der Waals surface area contributed by atoms with Crippen LogP contribution in [-0.4, -0.2) is 10.5 Å². The predicted molar refractivity (Wildman–Crippen MR) is 90.9 cm³/mol. The first-order chi connectivity index (χ1) is 10.6. The molecule has 0 saturated heterocycles. The lowest BCUT2D eigenvalue weighted by molar-refractivity contribution is 0.102. The number of hydrogen-bond donors (Lipinski definition) is 1. The molecule has 1 N–H and O–H groups in total. The van der Waals surface area contributed by atoms with Gasteiger partial charge in [0.15, 0.2) is 0 Å². The Hall–Kier alpha value is -2.40. The molecule has 3 aromatic rings. The van der Waals surface area contributed by atoms with Crippen molar-refractivity contribution in [2.45, 2.75) is 19.9 Å². The Morgan fingerprint density at radius 3 is 2.55 bits per heavy atom. The quantitative estimate of drug-likeness (QED) is 0.797. The summed E-state index contributed by atoms with van der Waals surface area (Å²) in [5.41, 5.74) is 2.21. The van der Waals surface area contributed by atoms with Gasteiger partial charge < -0.3 is 5.32 Å². The van der Waals surface area contributed by atoms with E-state index in [9.17, 15) is 9.59 Å². The molecule has 2 aromatic carbocycles. The fraction of sp³-hybridized carbons (Fsp3) is 0.176. The minimum atomic E-state index is -0.157. The van der Waals surface area contributed by atoms with E-state index in [1.807, 2.05) is 50.2 Å². The van der Waals surface area contributed by atoms with E-state index in [-0.39, 0.29) is 16.8 Å². The highest BCUT2D eigenvalue weighted by atomic mass is 32.1. The summed E-state index contributed by atoms with van der Waals surface area (Å²) in [6.45, 7) is 3.97. The topological polar surface area (TPSA) is 51.1 Å². The van der Waals surface area contributed by atoms with Gasteiger partial charge in [-0.05, 0) is 44.2 Å². The summed E-state index contributed by atoms with van der Waals surface area (Å²) < 4.78 is 2.65. The second-order valence-electron chi connectivity index (χ2n) is 5.33. The van der Waals surface area contributed by atoms with Crippen LogP contribution in [0.15, 0.2) is 53.3 Å². The van der Waals surface area contributed by atoms with Crippen molar-refractivity contribution in [1.29, 1.82) is 0 Å². The van der Waals surface area contributed by atoms with Crippen LogP contribution >= 0.6 is 11.3 Å². The van der Waals surface area contributed by atoms with Gasteiger partial charge in [-0.2, -0.15) is 0 Å². The molecule has 0 unspecified atom stereocenters. The molecule has 3 rings (SSSR count). The molecule has 1 aromatic heterocycles. The summed E-state index contributed by atoms with van der Waals surface area (Å²) >= 11 is 1.20. The number of hydrogen-bond acceptors (Lipinski definition) is 3. The molecule has 0 fully saturated rings. The van der Waals surface area contributed by atoms with Gasteiger partial charge >= 0.3 is 4.87 Å². The van der Waals surface area contributed by atoms with Crippen LogP contribution in [0.3, 0.4) is 0 Å². The van der Waals surface area contributed by atoms with Crippen molar-refractivity contribution in [3.8, 4) is 0 Å². The van der Waals surface area contributed by atoms with Crippen LogP contribution in [0.2, 0.25) is 0 Å². The number of fused-ring (bicyclic) bond motifs is 1. The van der Waals surface area contributed by atoms with Crippen molar-refractivity contribution >= 4 is 33.1 Å². The maximum Gasteiger partial charge on any atom is 0.308 e. The summed E-state index contributed by atoms with van der Waals surface area (Å²) in [6, 6.07) is 14.7. The van der Waals surface area contributed by atoms with Gasteiger partial charge in [0.1, 0.15) is 0 Å². The maximum absolute atomic E-state index is 12.2. The van der Waals surface area contributed by atoms with Crippen molar-refractivity contribution in [1.82, 2.24) is 4.57 Å². The summed E-state index contributed by atoms with van der Waals surface area (Å²) in [5.74, 6) is -0.157. The van der Waals surface area contributed by atoms with Crippen LogP contribution in [0.4, 0.5) is 5.69 Å². The number of nitrogens with one attached hydrogen (secondary N) is 1. The van der Waals surface area contributed by atoms with Crippen molar-refractivity contribution in [3.05, 3.63) is 63.8 Å². The van der Waals surface area contributed by atoms with Gasteiger partial charge in [0, 0.05) is 17.3 Å². The maximum atomic E-state index is 12.2. The molecule has 112 valence electrons. The second kappa shape index (κ2) is 5.77. The number of nitrogens with zero attached hydrogens (tertiary/aromatic N) is 1. The Bertz CT molecular complexity index is 879. The Balaban J connectivity index is 1.93. The number of benzene rings is 2. The molecule has 4 nitrogen and oxygen atoms in total. The van der Waals surface area contributed by atoms with Gasteiger partial charge in [-0.15, -0.1) is 0 Å². The zero-order valence-corrected chi connectivity index (χ0v) is 13.2. The van der Waals surface area contributed by atoms with E-state index in [4.69, 9.17) is 0 Å². The first kappa shape index (κ1) is 14.5. The van der Waals surface area contributed by atoms with Gasteiger partial charge in [-0.3, -0.25) is 14.2 Å². The van der Waals surface area contributed by atoms with E-state index in [1.54, 1.807) is 16.7 Å². The van der Waals surface area contributed by atoms with Crippen LogP contribution in [0, 0.1) is 0 Å². The minimum Gasteiger partial charge on any atom is -0.322 e. The van der Waals surface area contributed by atoms with E-state index in [2.05, 4.69) is 5.32 Å². The molecule has 22 heavy (non-hydrogen) atoms. The van der Waals surface area contributed by atoms with Crippen molar-refractivity contribution in [2.75, 3.05) is 5.32 Å². The molecule has 0 bridgehead atoms. The average Bonchev–Trinajstić information content (AvgIpc) is 2.83. The molecular weight excluding hydrogens is 296 g/mol. The first-order valence-electron chi connectivity index (χ1n) is 7.08. The largest absolute Gasteiger partial charge is 0.322 e. The highest BCUT2D eigenvalue weighted by Crippen LogP contribution is 2.24. The molecule has 0 radical (unpaired) electrons. The number of anilines is 1. The standard InChI is InChI=1S/C17H16N2O2S/c1-11(2)19-14-9-8-13(10-15(14)22-17(19)21)18-16(20)12-6-4-3-5-7-12/h3-11H,1-2H3,(H,18,20). The number of carbonyl (C=O) groups is 1.